The molecule has 0 bridgehead atoms. The van der Waals surface area contributed by atoms with Gasteiger partial charge in [-0.05, 0) is 32.3 Å². The van der Waals surface area contributed by atoms with E-state index in [2.05, 4.69) is 10.2 Å². The number of nitrogens with two attached hydrogens (primary N) is 1. The average Bonchev–Trinajstić information content (AvgIpc) is 2.95. The first kappa shape index (κ1) is 18.4. The third-order valence-corrected chi connectivity index (χ3v) is 6.16. The van der Waals surface area contributed by atoms with Gasteiger partial charge in [-0.15, -0.1) is 0 Å². The Bertz CT molecular complexity index is 607. The summed E-state index contributed by atoms with van der Waals surface area (Å²) in [7, 11) is 0. The molecule has 1 aliphatic carbocycles. The first-order valence-corrected chi connectivity index (χ1v) is 9.26. The molecule has 2 atom stereocenters. The molecule has 2 heterocycles. The predicted octanol–water partition coefficient (Wildman–Crippen LogP) is 0.676. The van der Waals surface area contributed by atoms with Crippen molar-refractivity contribution in [3.63, 3.8) is 0 Å². The number of aromatic amines is 1. The van der Waals surface area contributed by atoms with Crippen molar-refractivity contribution in [3.05, 3.63) is 17.0 Å². The zero-order valence-corrected chi connectivity index (χ0v) is 15.3. The van der Waals surface area contributed by atoms with Crippen molar-refractivity contribution >= 4 is 5.91 Å². The number of aliphatic hydroxyl groups is 1. The Kier molecular flexibility index (Phi) is 5.46. The van der Waals surface area contributed by atoms with Gasteiger partial charge in [-0.1, -0.05) is 0 Å². The van der Waals surface area contributed by atoms with Gasteiger partial charge in [0.1, 0.15) is 0 Å². The third kappa shape index (κ3) is 3.45. The molecule has 2 aliphatic rings. The number of ether oxygens (including phenoxy) is 1. The number of aliphatic hydroxyl groups excluding tert-OH is 1. The van der Waals surface area contributed by atoms with Crippen LogP contribution in [0, 0.1) is 19.3 Å². The first-order chi connectivity index (χ1) is 12.0. The highest BCUT2D eigenvalue weighted by Crippen LogP contribution is 2.50. The van der Waals surface area contributed by atoms with Crippen LogP contribution in [0.4, 0.5) is 0 Å². The molecule has 4 N–H and O–H groups in total. The molecule has 3 rings (SSSR count). The van der Waals surface area contributed by atoms with Crippen LogP contribution in [0.5, 0.6) is 0 Å². The van der Waals surface area contributed by atoms with E-state index in [4.69, 9.17) is 10.5 Å². The summed E-state index contributed by atoms with van der Waals surface area (Å²) in [6, 6.07) is 0. The fourth-order valence-corrected chi connectivity index (χ4v) is 4.16. The number of aryl methyl sites for hydroxylation is 2. The smallest absolute Gasteiger partial charge is 0.222 e. The molecule has 1 aliphatic heterocycles. The summed E-state index contributed by atoms with van der Waals surface area (Å²) in [6.45, 7) is 6.44. The molecule has 7 nitrogen and oxygen atoms in total. The van der Waals surface area contributed by atoms with Gasteiger partial charge in [0.25, 0.3) is 0 Å². The lowest BCUT2D eigenvalue weighted by atomic mass is 9.58. The SMILES string of the molecule is Cc1[nH]nc(CCC(=O)N2CCC3(CC2)[C@H](O)C[C@@H]3OCCN)c1C. The number of nitrogens with one attached hydrogen (secondary N) is 1. The molecule has 7 heteroatoms. The number of carbonyl (C=O) groups is 1. The summed E-state index contributed by atoms with van der Waals surface area (Å²) in [5, 5.41) is 17.5. The summed E-state index contributed by atoms with van der Waals surface area (Å²) in [5.74, 6) is 0.170. The molecule has 1 saturated heterocycles. The Balaban J connectivity index is 1.50. The van der Waals surface area contributed by atoms with Gasteiger partial charge in [-0.2, -0.15) is 5.10 Å². The van der Waals surface area contributed by atoms with Gasteiger partial charge >= 0.3 is 0 Å². The van der Waals surface area contributed by atoms with E-state index in [1.54, 1.807) is 0 Å². The number of H-pyrrole nitrogens is 1. The number of piperidine rings is 1. The van der Waals surface area contributed by atoms with Crippen molar-refractivity contribution in [1.29, 1.82) is 0 Å². The minimum Gasteiger partial charge on any atom is -0.392 e. The Morgan fingerprint density at radius 2 is 2.16 bits per heavy atom. The summed E-state index contributed by atoms with van der Waals surface area (Å²) in [6.07, 6.45) is 3.20. The van der Waals surface area contributed by atoms with Crippen LogP contribution in [0.2, 0.25) is 0 Å². The Labute approximate surface area is 148 Å². The fraction of sp³-hybridized carbons (Fsp3) is 0.778. The molecule has 25 heavy (non-hydrogen) atoms. The number of rotatable bonds is 6. The van der Waals surface area contributed by atoms with Crippen molar-refractivity contribution in [3.8, 4) is 0 Å². The second-order valence-corrected chi connectivity index (χ2v) is 7.43. The molecule has 2 fully saturated rings. The zero-order valence-electron chi connectivity index (χ0n) is 15.3. The van der Waals surface area contributed by atoms with Gasteiger partial charge in [-0.25, -0.2) is 0 Å². The minimum atomic E-state index is -0.317. The standard InChI is InChI=1S/C18H30N4O3/c1-12-13(2)20-21-14(12)3-4-17(24)22-8-5-18(6-9-22)15(23)11-16(18)25-10-7-19/h15-16,23H,3-11,19H2,1-2H3,(H,20,21)/t15-,16+/m1/s1. The van der Waals surface area contributed by atoms with Crippen LogP contribution in [0.25, 0.3) is 0 Å². The molecule has 1 spiro atoms. The van der Waals surface area contributed by atoms with Gasteiger partial charge in [0.05, 0.1) is 24.5 Å². The van der Waals surface area contributed by atoms with Crippen molar-refractivity contribution in [1.82, 2.24) is 15.1 Å². The Morgan fingerprint density at radius 3 is 2.72 bits per heavy atom. The molecule has 1 aromatic rings. The van der Waals surface area contributed by atoms with E-state index in [-0.39, 0.29) is 23.5 Å². The third-order valence-electron chi connectivity index (χ3n) is 6.16. The van der Waals surface area contributed by atoms with Gasteiger partial charge in [0.2, 0.25) is 5.91 Å². The lowest BCUT2D eigenvalue weighted by Gasteiger charge is -2.56. The molecule has 1 aromatic heterocycles. The van der Waals surface area contributed by atoms with Crippen LogP contribution in [-0.4, -0.2) is 64.6 Å². The number of nitrogens with zero attached hydrogens (tertiary/aromatic N) is 2. The second-order valence-electron chi connectivity index (χ2n) is 7.43. The molecule has 0 aromatic carbocycles. The van der Waals surface area contributed by atoms with Crippen LogP contribution < -0.4 is 5.73 Å². The highest BCUT2D eigenvalue weighted by molar-refractivity contribution is 5.76. The molecule has 1 saturated carbocycles. The molecule has 1 amide bonds. The number of amides is 1. The predicted molar refractivity (Wildman–Crippen MR) is 94.0 cm³/mol. The van der Waals surface area contributed by atoms with Gasteiger partial charge in [0, 0.05) is 50.0 Å². The van der Waals surface area contributed by atoms with E-state index >= 15 is 0 Å². The molecular weight excluding hydrogens is 320 g/mol. The first-order valence-electron chi connectivity index (χ1n) is 9.26. The van der Waals surface area contributed by atoms with Crippen molar-refractivity contribution < 1.29 is 14.6 Å². The fourth-order valence-electron chi connectivity index (χ4n) is 4.16. The van der Waals surface area contributed by atoms with Crippen LogP contribution >= 0.6 is 0 Å². The van der Waals surface area contributed by atoms with E-state index in [1.807, 2.05) is 18.7 Å². The second kappa shape index (κ2) is 7.43. The van der Waals surface area contributed by atoms with E-state index in [0.717, 1.165) is 29.8 Å². The van der Waals surface area contributed by atoms with E-state index < -0.39 is 0 Å². The highest BCUT2D eigenvalue weighted by atomic mass is 16.5. The van der Waals surface area contributed by atoms with Gasteiger partial charge < -0.3 is 20.5 Å². The summed E-state index contributed by atoms with van der Waals surface area (Å²) in [5.41, 5.74) is 8.51. The minimum absolute atomic E-state index is 0.0815. The maximum absolute atomic E-state index is 12.5. The molecule has 140 valence electrons. The summed E-state index contributed by atoms with van der Waals surface area (Å²) < 4.78 is 5.81. The lowest BCUT2D eigenvalue weighted by molar-refractivity contribution is -0.210. The summed E-state index contributed by atoms with van der Waals surface area (Å²) in [4.78, 5) is 14.4. The Morgan fingerprint density at radius 1 is 1.44 bits per heavy atom. The van der Waals surface area contributed by atoms with E-state index in [9.17, 15) is 9.90 Å². The lowest BCUT2D eigenvalue weighted by Crippen LogP contribution is -2.62. The van der Waals surface area contributed by atoms with Crippen LogP contribution in [0.15, 0.2) is 0 Å². The van der Waals surface area contributed by atoms with Crippen molar-refractivity contribution in [2.24, 2.45) is 11.1 Å². The van der Waals surface area contributed by atoms with Crippen LogP contribution in [0.3, 0.4) is 0 Å². The molecule has 0 radical (unpaired) electrons. The highest BCUT2D eigenvalue weighted by Gasteiger charge is 2.56. The summed E-state index contributed by atoms with van der Waals surface area (Å²) >= 11 is 0. The maximum atomic E-state index is 12.5. The zero-order chi connectivity index (χ0) is 18.0. The van der Waals surface area contributed by atoms with Gasteiger partial charge in [-0.3, -0.25) is 9.89 Å². The van der Waals surface area contributed by atoms with Gasteiger partial charge in [0.15, 0.2) is 0 Å². The molecular formula is C18H30N4O3. The number of aromatic nitrogens is 2. The number of hydrogen-bond donors (Lipinski definition) is 3. The van der Waals surface area contributed by atoms with Crippen LogP contribution in [-0.2, 0) is 16.0 Å². The number of carbonyl (C=O) groups excluding carboxylic acids is 1. The van der Waals surface area contributed by atoms with Crippen LogP contribution in [0.1, 0.15) is 42.6 Å². The number of hydrogen-bond acceptors (Lipinski definition) is 5. The van der Waals surface area contributed by atoms with Crippen molar-refractivity contribution in [2.75, 3.05) is 26.2 Å². The average molecular weight is 350 g/mol. The van der Waals surface area contributed by atoms with E-state index in [0.29, 0.717) is 45.5 Å². The monoisotopic (exact) mass is 350 g/mol. The molecule has 0 unspecified atom stereocenters. The Hall–Kier alpha value is -1.44. The maximum Gasteiger partial charge on any atom is 0.222 e. The van der Waals surface area contributed by atoms with E-state index in [1.165, 1.54) is 0 Å². The topological polar surface area (TPSA) is 104 Å². The quantitative estimate of drug-likeness (QED) is 0.700. The largest absolute Gasteiger partial charge is 0.392 e. The van der Waals surface area contributed by atoms with Crippen molar-refractivity contribution in [2.45, 2.75) is 58.2 Å². The normalized spacial score (nSPS) is 25.2. The number of likely N-dealkylation sites (tertiary alicyclic amines) is 1.